The molecule has 10 heteroatoms. The summed E-state index contributed by atoms with van der Waals surface area (Å²) in [4.78, 5) is 0.396. The van der Waals surface area contributed by atoms with Crippen LogP contribution < -0.4 is 4.74 Å². The van der Waals surface area contributed by atoms with E-state index in [0.717, 1.165) is 11.7 Å². The van der Waals surface area contributed by atoms with Crippen LogP contribution in [-0.4, -0.2) is 45.6 Å². The van der Waals surface area contributed by atoms with E-state index in [1.165, 1.54) is 6.92 Å². The van der Waals surface area contributed by atoms with Gasteiger partial charge in [-0.2, -0.15) is 17.5 Å². The predicted octanol–water partition coefficient (Wildman–Crippen LogP) is 4.35. The van der Waals surface area contributed by atoms with Crippen molar-refractivity contribution in [3.05, 3.63) is 11.8 Å². The second-order valence-electron chi connectivity index (χ2n) is 5.49. The Balaban J connectivity index is 1.94. The average Bonchev–Trinajstić information content (AvgIpc) is 2.99. The Hall–Kier alpha value is -1.29. The van der Waals surface area contributed by atoms with Gasteiger partial charge in [0.05, 0.1) is 18.3 Å². The molecule has 0 radical (unpaired) electrons. The highest BCUT2D eigenvalue weighted by Gasteiger charge is 2.39. The van der Waals surface area contributed by atoms with Crippen LogP contribution in [0.5, 0.6) is 5.88 Å². The molecule has 136 valence electrons. The molecule has 0 saturated heterocycles. The van der Waals surface area contributed by atoms with Crippen molar-refractivity contribution in [2.45, 2.75) is 44.8 Å². The Kier molecular flexibility index (Phi) is 6.13. The van der Waals surface area contributed by atoms with Crippen molar-refractivity contribution in [3.63, 3.8) is 0 Å². The number of hydrogen-bond acceptors (Lipinski definition) is 5. The first-order valence-electron chi connectivity index (χ1n) is 7.57. The van der Waals surface area contributed by atoms with Crippen LogP contribution in [0.2, 0.25) is 0 Å². The van der Waals surface area contributed by atoms with Crippen LogP contribution in [0, 0.1) is 0 Å². The van der Waals surface area contributed by atoms with Crippen LogP contribution in [0.3, 0.4) is 0 Å². The minimum absolute atomic E-state index is 0.0181. The van der Waals surface area contributed by atoms with Crippen LogP contribution in [0.25, 0.3) is 5.57 Å². The first kappa shape index (κ1) is 19.0. The van der Waals surface area contributed by atoms with Gasteiger partial charge in [-0.1, -0.05) is 13.0 Å². The lowest BCUT2D eigenvalue weighted by Crippen LogP contribution is -2.41. The molecule has 0 spiro atoms. The van der Waals surface area contributed by atoms with E-state index >= 15 is 0 Å². The zero-order valence-electron chi connectivity index (χ0n) is 13.1. The quantitative estimate of drug-likeness (QED) is 0.406. The van der Waals surface area contributed by atoms with E-state index in [9.17, 15) is 22.0 Å². The number of rotatable bonds is 7. The van der Waals surface area contributed by atoms with Crippen molar-refractivity contribution >= 4 is 17.3 Å². The molecular weight excluding hydrogens is 353 g/mol. The lowest BCUT2D eigenvalue weighted by Gasteiger charge is -2.28. The molecule has 0 aliphatic carbocycles. The van der Waals surface area contributed by atoms with Crippen molar-refractivity contribution in [3.8, 4) is 5.88 Å². The predicted molar refractivity (Wildman–Crippen MR) is 80.1 cm³/mol. The number of aromatic nitrogens is 2. The summed E-state index contributed by atoms with van der Waals surface area (Å²) >= 11 is 0.823. The normalized spacial score (nSPS) is 17.0. The molecule has 0 aromatic carbocycles. The lowest BCUT2D eigenvalue weighted by atomic mass is 10.1. The molecule has 0 N–H and O–H groups in total. The first-order valence-corrected chi connectivity index (χ1v) is 8.30. The van der Waals surface area contributed by atoms with Crippen molar-refractivity contribution in [2.75, 3.05) is 19.7 Å². The number of hydrogen-bond donors (Lipinski definition) is 0. The maximum absolute atomic E-state index is 13.1. The molecular formula is C14H18F5N3OS. The fraction of sp³-hybridized carbons (Fsp3) is 0.714. The Morgan fingerprint density at radius 1 is 1.25 bits per heavy atom. The topological polar surface area (TPSA) is 38.3 Å². The van der Waals surface area contributed by atoms with Gasteiger partial charge >= 0.3 is 6.30 Å². The number of halogens is 5. The fourth-order valence-corrected chi connectivity index (χ4v) is 2.81. The zero-order chi connectivity index (χ0) is 17.8. The van der Waals surface area contributed by atoms with E-state index in [1.807, 2.05) is 0 Å². The van der Waals surface area contributed by atoms with Gasteiger partial charge in [0.1, 0.15) is 5.69 Å². The number of nitrogens with zero attached hydrogens (tertiary/aromatic N) is 3. The van der Waals surface area contributed by atoms with Crippen LogP contribution in [0.4, 0.5) is 22.0 Å². The van der Waals surface area contributed by atoms with E-state index in [2.05, 4.69) is 8.75 Å². The Bertz CT molecular complexity index is 573. The second-order valence-corrected chi connectivity index (χ2v) is 6.02. The van der Waals surface area contributed by atoms with Gasteiger partial charge < -0.3 is 4.74 Å². The molecule has 2 rings (SSSR count). The van der Waals surface area contributed by atoms with Gasteiger partial charge in [-0.05, 0) is 18.4 Å². The number of alkyl halides is 5. The SMILES string of the molecule is CCC(F)(F)CCCOc1nsnc1C1=CCCN(C(F)(F)F)C1. The van der Waals surface area contributed by atoms with Gasteiger partial charge in [-0.15, -0.1) is 4.37 Å². The van der Waals surface area contributed by atoms with Crippen LogP contribution in [-0.2, 0) is 0 Å². The molecule has 1 aromatic heterocycles. The molecule has 2 heterocycles. The molecule has 24 heavy (non-hydrogen) atoms. The highest BCUT2D eigenvalue weighted by atomic mass is 32.1. The third kappa shape index (κ3) is 5.10. The van der Waals surface area contributed by atoms with E-state index < -0.39 is 12.2 Å². The molecule has 1 aliphatic rings. The summed E-state index contributed by atoms with van der Waals surface area (Å²) in [5.41, 5.74) is 0.650. The standard InChI is InChI=1S/C14H18F5N3OS/c1-2-13(15,16)6-4-8-23-12-11(20-24-21-12)10-5-3-7-22(9-10)14(17,18)19/h5H,2-4,6-9H2,1H3. The Labute approximate surface area is 140 Å². The van der Waals surface area contributed by atoms with Gasteiger partial charge in [-0.3, -0.25) is 0 Å². The van der Waals surface area contributed by atoms with Crippen LogP contribution in [0.15, 0.2) is 6.08 Å². The Morgan fingerprint density at radius 2 is 2.00 bits per heavy atom. The minimum Gasteiger partial charge on any atom is -0.475 e. The summed E-state index contributed by atoms with van der Waals surface area (Å²) in [6, 6.07) is 0. The molecule has 0 atom stereocenters. The largest absolute Gasteiger partial charge is 0.475 e. The molecule has 0 fully saturated rings. The van der Waals surface area contributed by atoms with Crippen molar-refractivity contribution in [1.82, 2.24) is 13.6 Å². The first-order chi connectivity index (χ1) is 11.2. The zero-order valence-corrected chi connectivity index (χ0v) is 13.9. The maximum atomic E-state index is 13.1. The molecule has 0 amide bonds. The lowest BCUT2D eigenvalue weighted by molar-refractivity contribution is -0.241. The molecule has 1 aromatic rings. The highest BCUT2D eigenvalue weighted by Crippen LogP contribution is 2.32. The average molecular weight is 371 g/mol. The number of ether oxygens (including phenoxy) is 1. The Morgan fingerprint density at radius 3 is 2.67 bits per heavy atom. The van der Waals surface area contributed by atoms with E-state index in [1.54, 1.807) is 6.08 Å². The monoisotopic (exact) mass is 371 g/mol. The minimum atomic E-state index is -4.41. The third-order valence-electron chi connectivity index (χ3n) is 3.72. The summed E-state index contributed by atoms with van der Waals surface area (Å²) in [6.45, 7) is 1.00. The summed E-state index contributed by atoms with van der Waals surface area (Å²) < 4.78 is 78.0. The fourth-order valence-electron chi connectivity index (χ4n) is 2.28. The van der Waals surface area contributed by atoms with Gasteiger partial charge in [0, 0.05) is 25.9 Å². The summed E-state index contributed by atoms with van der Waals surface area (Å²) in [7, 11) is 0. The molecule has 0 saturated carbocycles. The molecule has 0 bridgehead atoms. The molecule has 0 unspecified atom stereocenters. The summed E-state index contributed by atoms with van der Waals surface area (Å²) in [5.74, 6) is -2.62. The summed E-state index contributed by atoms with van der Waals surface area (Å²) in [5, 5.41) is 0. The van der Waals surface area contributed by atoms with Gasteiger partial charge in [0.25, 0.3) is 5.88 Å². The van der Waals surface area contributed by atoms with Crippen molar-refractivity contribution < 1.29 is 26.7 Å². The van der Waals surface area contributed by atoms with Gasteiger partial charge in [0.2, 0.25) is 5.92 Å². The summed E-state index contributed by atoms with van der Waals surface area (Å²) in [6.07, 6.45) is -2.90. The van der Waals surface area contributed by atoms with E-state index in [-0.39, 0.29) is 57.0 Å². The van der Waals surface area contributed by atoms with Gasteiger partial charge in [0.15, 0.2) is 0 Å². The molecule has 1 aliphatic heterocycles. The van der Waals surface area contributed by atoms with Crippen LogP contribution in [0.1, 0.15) is 38.3 Å². The van der Waals surface area contributed by atoms with Crippen molar-refractivity contribution in [2.24, 2.45) is 0 Å². The van der Waals surface area contributed by atoms with Crippen molar-refractivity contribution in [1.29, 1.82) is 0 Å². The second kappa shape index (κ2) is 7.73. The third-order valence-corrected chi connectivity index (χ3v) is 4.23. The molecule has 4 nitrogen and oxygen atoms in total. The van der Waals surface area contributed by atoms with Gasteiger partial charge in [-0.25, -0.2) is 13.7 Å². The van der Waals surface area contributed by atoms with Crippen LogP contribution >= 0.6 is 11.7 Å². The smallest absolute Gasteiger partial charge is 0.460 e. The van der Waals surface area contributed by atoms with E-state index in [0.29, 0.717) is 10.5 Å². The van der Waals surface area contributed by atoms with E-state index in [4.69, 9.17) is 4.74 Å². The maximum Gasteiger partial charge on any atom is 0.460 e. The highest BCUT2D eigenvalue weighted by molar-refractivity contribution is 6.99.